The topological polar surface area (TPSA) is 32.7 Å². The molecule has 2 heterocycles. The summed E-state index contributed by atoms with van der Waals surface area (Å²) in [5.74, 6) is 0.722. The van der Waals surface area contributed by atoms with Crippen LogP contribution >= 0.6 is 0 Å². The highest BCUT2D eigenvalue weighted by Crippen LogP contribution is 2.38. The smallest absolute Gasteiger partial charge is 0.0679 e. The molecular formula is C20H31NO2. The second-order valence-electron chi connectivity index (χ2n) is 7.92. The number of benzene rings is 1. The van der Waals surface area contributed by atoms with Crippen molar-refractivity contribution in [1.29, 1.82) is 0 Å². The summed E-state index contributed by atoms with van der Waals surface area (Å²) in [4.78, 5) is 2.57. The van der Waals surface area contributed by atoms with E-state index in [0.717, 1.165) is 51.4 Å². The Hall–Kier alpha value is -0.900. The molecule has 3 rings (SSSR count). The Morgan fingerprint density at radius 3 is 2.43 bits per heavy atom. The number of morpholine rings is 1. The summed E-state index contributed by atoms with van der Waals surface area (Å²) in [5.41, 5.74) is 0.871. The van der Waals surface area contributed by atoms with Crippen LogP contribution in [0, 0.1) is 5.92 Å². The summed E-state index contributed by atoms with van der Waals surface area (Å²) >= 11 is 0. The minimum atomic E-state index is -0.485. The van der Waals surface area contributed by atoms with Gasteiger partial charge in [0.1, 0.15) is 0 Å². The quantitative estimate of drug-likeness (QED) is 0.870. The molecule has 2 fully saturated rings. The van der Waals surface area contributed by atoms with Crippen molar-refractivity contribution >= 4 is 0 Å². The zero-order valence-corrected chi connectivity index (χ0v) is 14.6. The Bertz CT molecular complexity index is 474. The van der Waals surface area contributed by atoms with Gasteiger partial charge in [-0.25, -0.2) is 0 Å². The molecule has 0 amide bonds. The number of nitrogens with zero attached hydrogens (tertiary/aromatic N) is 1. The van der Waals surface area contributed by atoms with E-state index in [0.29, 0.717) is 12.1 Å². The third-order valence-corrected chi connectivity index (χ3v) is 5.42. The van der Waals surface area contributed by atoms with Crippen LogP contribution in [0.15, 0.2) is 30.3 Å². The van der Waals surface area contributed by atoms with Gasteiger partial charge in [-0.15, -0.1) is 0 Å². The van der Waals surface area contributed by atoms with Crippen molar-refractivity contribution in [3.8, 4) is 0 Å². The molecule has 1 N–H and O–H groups in total. The summed E-state index contributed by atoms with van der Waals surface area (Å²) in [5, 5.41) is 11.1. The van der Waals surface area contributed by atoms with E-state index in [9.17, 15) is 5.11 Å². The zero-order valence-electron chi connectivity index (χ0n) is 14.6. The largest absolute Gasteiger partial charge is 0.390 e. The Kier molecular flexibility index (Phi) is 5.40. The number of hydrogen-bond acceptors (Lipinski definition) is 3. The summed E-state index contributed by atoms with van der Waals surface area (Å²) < 4.78 is 5.79. The highest BCUT2D eigenvalue weighted by atomic mass is 16.5. The first kappa shape index (κ1) is 16.9. The molecule has 3 nitrogen and oxygen atoms in total. The van der Waals surface area contributed by atoms with E-state index in [1.54, 1.807) is 0 Å². The molecule has 1 aromatic rings. The van der Waals surface area contributed by atoms with Gasteiger partial charge >= 0.3 is 0 Å². The van der Waals surface area contributed by atoms with E-state index in [1.165, 1.54) is 12.0 Å². The van der Waals surface area contributed by atoms with E-state index in [4.69, 9.17) is 4.74 Å². The van der Waals surface area contributed by atoms with Crippen LogP contribution in [0.2, 0.25) is 0 Å². The fourth-order valence-corrected chi connectivity index (χ4v) is 4.24. The Labute approximate surface area is 140 Å². The lowest BCUT2D eigenvalue weighted by atomic mass is 9.77. The molecule has 0 spiro atoms. The molecule has 2 bridgehead atoms. The number of fused-ring (bicyclic) bond motifs is 2. The lowest BCUT2D eigenvalue weighted by Gasteiger charge is -2.52. The number of hydrogen-bond donors (Lipinski definition) is 1. The predicted molar refractivity (Wildman–Crippen MR) is 93.3 cm³/mol. The van der Waals surface area contributed by atoms with Gasteiger partial charge in [0.15, 0.2) is 0 Å². The first-order valence-electron chi connectivity index (χ1n) is 9.15. The maximum Gasteiger partial charge on any atom is 0.0679 e. The molecule has 2 atom stereocenters. The highest BCUT2D eigenvalue weighted by molar-refractivity contribution is 5.15. The summed E-state index contributed by atoms with van der Waals surface area (Å²) in [6.45, 7) is 7.01. The molecule has 3 heteroatoms. The van der Waals surface area contributed by atoms with Crippen molar-refractivity contribution in [3.05, 3.63) is 35.9 Å². The van der Waals surface area contributed by atoms with Gasteiger partial charge < -0.3 is 9.84 Å². The lowest BCUT2D eigenvalue weighted by molar-refractivity contribution is -0.148. The van der Waals surface area contributed by atoms with Crippen LogP contribution in [0.3, 0.4) is 0 Å². The Balaban J connectivity index is 1.63. The average Bonchev–Trinajstić information content (AvgIpc) is 2.49. The molecule has 0 saturated carbocycles. The first-order valence-corrected chi connectivity index (χ1v) is 9.15. The van der Waals surface area contributed by atoms with Gasteiger partial charge in [0.05, 0.1) is 18.8 Å². The third-order valence-electron chi connectivity index (χ3n) is 5.42. The van der Waals surface area contributed by atoms with Gasteiger partial charge in [-0.05, 0) is 30.7 Å². The van der Waals surface area contributed by atoms with Crippen molar-refractivity contribution < 1.29 is 9.84 Å². The summed E-state index contributed by atoms with van der Waals surface area (Å²) in [6, 6.07) is 11.4. The predicted octanol–water partition coefficient (Wildman–Crippen LogP) is 3.61. The van der Waals surface area contributed by atoms with Crippen molar-refractivity contribution in [2.45, 2.75) is 70.2 Å². The Morgan fingerprint density at radius 2 is 1.83 bits per heavy atom. The molecule has 128 valence electrons. The van der Waals surface area contributed by atoms with E-state index < -0.39 is 5.60 Å². The highest BCUT2D eigenvalue weighted by Gasteiger charge is 2.45. The van der Waals surface area contributed by atoms with Crippen LogP contribution < -0.4 is 0 Å². The molecular weight excluding hydrogens is 286 g/mol. The molecule has 0 radical (unpaired) electrons. The molecule has 1 aromatic carbocycles. The fourth-order valence-electron chi connectivity index (χ4n) is 4.24. The number of aliphatic hydroxyl groups is 1. The second-order valence-corrected chi connectivity index (χ2v) is 7.92. The van der Waals surface area contributed by atoms with E-state index >= 15 is 0 Å². The molecule has 0 aromatic heterocycles. The van der Waals surface area contributed by atoms with Crippen LogP contribution in [-0.4, -0.2) is 40.9 Å². The minimum Gasteiger partial charge on any atom is -0.390 e. The first-order chi connectivity index (χ1) is 11.1. The summed E-state index contributed by atoms with van der Waals surface area (Å²) in [7, 11) is 0. The van der Waals surface area contributed by atoms with Crippen molar-refractivity contribution in [1.82, 2.24) is 4.90 Å². The van der Waals surface area contributed by atoms with Crippen LogP contribution in [0.1, 0.15) is 51.5 Å². The van der Waals surface area contributed by atoms with Gasteiger partial charge in [0.2, 0.25) is 0 Å². The number of rotatable bonds is 6. The van der Waals surface area contributed by atoms with E-state index in [2.05, 4.69) is 49.1 Å². The molecule has 2 unspecified atom stereocenters. The van der Waals surface area contributed by atoms with Crippen LogP contribution in [0.4, 0.5) is 0 Å². The fraction of sp³-hybridized carbons (Fsp3) is 0.700. The second kappa shape index (κ2) is 7.33. The van der Waals surface area contributed by atoms with E-state index in [-0.39, 0.29) is 0 Å². The maximum absolute atomic E-state index is 11.1. The van der Waals surface area contributed by atoms with E-state index in [1.807, 2.05) is 0 Å². The maximum atomic E-state index is 11.1. The van der Waals surface area contributed by atoms with Gasteiger partial charge in [-0.3, -0.25) is 4.90 Å². The third kappa shape index (κ3) is 4.34. The zero-order chi connectivity index (χ0) is 16.3. The van der Waals surface area contributed by atoms with Gasteiger partial charge in [0, 0.05) is 18.6 Å². The molecule has 0 aliphatic carbocycles. The van der Waals surface area contributed by atoms with Crippen molar-refractivity contribution in [2.24, 2.45) is 5.92 Å². The molecule has 2 aliphatic heterocycles. The van der Waals surface area contributed by atoms with Crippen LogP contribution in [0.25, 0.3) is 0 Å². The molecule has 23 heavy (non-hydrogen) atoms. The number of piperidine rings is 1. The standard InChI is InChI=1S/C20H31NO2/c1-16(2)7-6-10-20(22)11-18-14-23-15-19(12-20)21(18)13-17-8-4-3-5-9-17/h3-5,8-9,16,18-19,22H,6-7,10-15H2,1-2H3. The Morgan fingerprint density at radius 1 is 1.17 bits per heavy atom. The van der Waals surface area contributed by atoms with Crippen molar-refractivity contribution in [3.63, 3.8) is 0 Å². The van der Waals surface area contributed by atoms with Gasteiger partial charge in [-0.2, -0.15) is 0 Å². The summed E-state index contributed by atoms with van der Waals surface area (Å²) in [6.07, 6.45) is 5.00. The van der Waals surface area contributed by atoms with Crippen LogP contribution in [0.5, 0.6) is 0 Å². The average molecular weight is 317 g/mol. The van der Waals surface area contributed by atoms with Gasteiger partial charge in [-0.1, -0.05) is 57.0 Å². The number of ether oxygens (including phenoxy) is 1. The minimum absolute atomic E-state index is 0.353. The SMILES string of the molecule is CC(C)CCCC1(O)CC2COCC(C1)N2Cc1ccccc1. The lowest BCUT2D eigenvalue weighted by Crippen LogP contribution is -2.61. The van der Waals surface area contributed by atoms with Crippen LogP contribution in [-0.2, 0) is 11.3 Å². The van der Waals surface area contributed by atoms with Crippen molar-refractivity contribution in [2.75, 3.05) is 13.2 Å². The monoisotopic (exact) mass is 317 g/mol. The normalized spacial score (nSPS) is 31.5. The van der Waals surface area contributed by atoms with Gasteiger partial charge in [0.25, 0.3) is 0 Å². The molecule has 2 saturated heterocycles. The molecule has 2 aliphatic rings.